The lowest BCUT2D eigenvalue weighted by Crippen LogP contribution is -2.19. The number of para-hydroxylation sites is 1. The summed E-state index contributed by atoms with van der Waals surface area (Å²) in [7, 11) is 0. The number of primary amides is 1. The molecular weight excluding hydrogens is 302 g/mol. The van der Waals surface area contributed by atoms with E-state index in [1.807, 2.05) is 13.8 Å². The molecule has 1 heterocycles. The lowest BCUT2D eigenvalue weighted by atomic mass is 10.1. The second-order valence-electron chi connectivity index (χ2n) is 4.75. The predicted molar refractivity (Wildman–Crippen MR) is 85.7 cm³/mol. The molecule has 0 fully saturated rings. The predicted octanol–water partition coefficient (Wildman–Crippen LogP) is 2.26. The number of carbonyl (C=O) groups excluding carboxylic acids is 2. The van der Waals surface area contributed by atoms with Crippen LogP contribution in [0, 0.1) is 13.8 Å². The zero-order chi connectivity index (χ0) is 16.1. The van der Waals surface area contributed by atoms with Crippen LogP contribution in [0.4, 0.5) is 5.69 Å². The minimum atomic E-state index is -0.570. The number of hydrogen-bond donors (Lipinski definition) is 2. The standard InChI is InChI=1S/C15H17N3O3S/c1-9-12(10(2)21-18-9)7-22-8-14(19)17-13-6-4-3-5-11(13)15(16)20/h3-6H,7-8H2,1-2H3,(H2,16,20)(H,17,19). The molecule has 7 heteroatoms. The van der Waals surface area contributed by atoms with E-state index < -0.39 is 5.91 Å². The first-order chi connectivity index (χ1) is 10.5. The fraction of sp³-hybridized carbons (Fsp3) is 0.267. The van der Waals surface area contributed by atoms with E-state index in [1.165, 1.54) is 11.8 Å². The Morgan fingerprint density at radius 1 is 1.32 bits per heavy atom. The molecule has 0 saturated carbocycles. The topological polar surface area (TPSA) is 98.2 Å². The van der Waals surface area contributed by atoms with Gasteiger partial charge in [0.05, 0.1) is 22.7 Å². The lowest BCUT2D eigenvalue weighted by Gasteiger charge is -2.08. The second-order valence-corrected chi connectivity index (χ2v) is 5.74. The molecule has 0 radical (unpaired) electrons. The Balaban J connectivity index is 1.90. The van der Waals surface area contributed by atoms with Gasteiger partial charge in [0.15, 0.2) is 0 Å². The smallest absolute Gasteiger partial charge is 0.250 e. The number of nitrogens with one attached hydrogen (secondary N) is 1. The number of thioether (sulfide) groups is 1. The quantitative estimate of drug-likeness (QED) is 0.851. The number of carbonyl (C=O) groups is 2. The van der Waals surface area contributed by atoms with E-state index in [0.29, 0.717) is 17.0 Å². The van der Waals surface area contributed by atoms with Crippen molar-refractivity contribution < 1.29 is 14.1 Å². The molecule has 2 amide bonds. The third-order valence-corrected chi connectivity index (χ3v) is 4.09. The van der Waals surface area contributed by atoms with Crippen LogP contribution in [0.25, 0.3) is 0 Å². The van der Waals surface area contributed by atoms with Crippen LogP contribution in [0.3, 0.4) is 0 Å². The number of aromatic nitrogens is 1. The maximum atomic E-state index is 12.0. The Kier molecular flexibility index (Phi) is 5.21. The molecule has 3 N–H and O–H groups in total. The maximum Gasteiger partial charge on any atom is 0.250 e. The summed E-state index contributed by atoms with van der Waals surface area (Å²) < 4.78 is 5.08. The van der Waals surface area contributed by atoms with E-state index in [9.17, 15) is 9.59 Å². The Labute approximate surface area is 132 Å². The van der Waals surface area contributed by atoms with Gasteiger partial charge in [-0.25, -0.2) is 0 Å². The number of amides is 2. The molecule has 2 rings (SSSR count). The third kappa shape index (κ3) is 3.88. The summed E-state index contributed by atoms with van der Waals surface area (Å²) in [6.45, 7) is 3.72. The first kappa shape index (κ1) is 16.1. The fourth-order valence-corrected chi connectivity index (χ4v) is 2.92. The largest absolute Gasteiger partial charge is 0.366 e. The van der Waals surface area contributed by atoms with Crippen LogP contribution in [-0.2, 0) is 10.5 Å². The monoisotopic (exact) mass is 319 g/mol. The summed E-state index contributed by atoms with van der Waals surface area (Å²) in [6.07, 6.45) is 0. The number of rotatable bonds is 6. The molecule has 0 aliphatic rings. The average molecular weight is 319 g/mol. The van der Waals surface area contributed by atoms with Crippen molar-refractivity contribution in [2.24, 2.45) is 5.73 Å². The molecule has 0 bridgehead atoms. The van der Waals surface area contributed by atoms with Gasteiger partial charge in [-0.05, 0) is 26.0 Å². The molecule has 2 aromatic rings. The van der Waals surface area contributed by atoms with Gasteiger partial charge in [-0.15, -0.1) is 11.8 Å². The van der Waals surface area contributed by atoms with Crippen LogP contribution in [0.5, 0.6) is 0 Å². The van der Waals surface area contributed by atoms with Crippen molar-refractivity contribution in [2.75, 3.05) is 11.1 Å². The van der Waals surface area contributed by atoms with Gasteiger partial charge in [0.1, 0.15) is 5.76 Å². The summed E-state index contributed by atoms with van der Waals surface area (Å²) in [6, 6.07) is 6.66. The van der Waals surface area contributed by atoms with E-state index in [4.69, 9.17) is 10.3 Å². The first-order valence-electron chi connectivity index (χ1n) is 6.67. The van der Waals surface area contributed by atoms with E-state index in [-0.39, 0.29) is 11.7 Å². The normalized spacial score (nSPS) is 10.5. The van der Waals surface area contributed by atoms with Crippen molar-refractivity contribution in [3.05, 3.63) is 46.8 Å². The van der Waals surface area contributed by atoms with Crippen molar-refractivity contribution in [2.45, 2.75) is 19.6 Å². The van der Waals surface area contributed by atoms with E-state index >= 15 is 0 Å². The average Bonchev–Trinajstić information content (AvgIpc) is 2.79. The highest BCUT2D eigenvalue weighted by Gasteiger charge is 2.12. The van der Waals surface area contributed by atoms with Crippen molar-refractivity contribution in [3.63, 3.8) is 0 Å². The molecule has 0 saturated heterocycles. The van der Waals surface area contributed by atoms with Crippen molar-refractivity contribution in [1.82, 2.24) is 5.16 Å². The fourth-order valence-electron chi connectivity index (χ4n) is 1.95. The van der Waals surface area contributed by atoms with Crippen LogP contribution in [-0.4, -0.2) is 22.7 Å². The number of nitrogens with zero attached hydrogens (tertiary/aromatic N) is 1. The Morgan fingerprint density at radius 2 is 2.05 bits per heavy atom. The summed E-state index contributed by atoms with van der Waals surface area (Å²) in [5, 5.41) is 6.57. The van der Waals surface area contributed by atoms with E-state index in [1.54, 1.807) is 24.3 Å². The van der Waals surface area contributed by atoms with Gasteiger partial charge >= 0.3 is 0 Å². The van der Waals surface area contributed by atoms with Gasteiger partial charge in [-0.3, -0.25) is 9.59 Å². The Morgan fingerprint density at radius 3 is 2.68 bits per heavy atom. The molecule has 1 aromatic carbocycles. The van der Waals surface area contributed by atoms with Gasteiger partial charge in [0, 0.05) is 11.3 Å². The molecule has 6 nitrogen and oxygen atoms in total. The van der Waals surface area contributed by atoms with Crippen LogP contribution in [0.1, 0.15) is 27.4 Å². The molecule has 0 unspecified atom stereocenters. The van der Waals surface area contributed by atoms with Crippen molar-refractivity contribution in [3.8, 4) is 0 Å². The molecule has 22 heavy (non-hydrogen) atoms. The van der Waals surface area contributed by atoms with Gasteiger partial charge in [-0.1, -0.05) is 17.3 Å². The summed E-state index contributed by atoms with van der Waals surface area (Å²) in [4.78, 5) is 23.3. The van der Waals surface area contributed by atoms with Gasteiger partial charge in [-0.2, -0.15) is 0 Å². The molecule has 0 spiro atoms. The molecular formula is C15H17N3O3S. The number of aryl methyl sites for hydroxylation is 2. The van der Waals surface area contributed by atoms with Crippen molar-refractivity contribution in [1.29, 1.82) is 0 Å². The zero-order valence-electron chi connectivity index (χ0n) is 12.4. The molecule has 0 aliphatic heterocycles. The molecule has 0 aliphatic carbocycles. The van der Waals surface area contributed by atoms with E-state index in [0.717, 1.165) is 17.0 Å². The number of benzene rings is 1. The summed E-state index contributed by atoms with van der Waals surface area (Å²) in [5.41, 5.74) is 7.85. The molecule has 1 aromatic heterocycles. The second kappa shape index (κ2) is 7.13. The highest BCUT2D eigenvalue weighted by atomic mass is 32.2. The first-order valence-corrected chi connectivity index (χ1v) is 7.82. The number of anilines is 1. The Hall–Kier alpha value is -2.28. The van der Waals surface area contributed by atoms with Crippen LogP contribution < -0.4 is 11.1 Å². The highest BCUT2D eigenvalue weighted by Crippen LogP contribution is 2.20. The minimum Gasteiger partial charge on any atom is -0.366 e. The SMILES string of the molecule is Cc1noc(C)c1CSCC(=O)Nc1ccccc1C(N)=O. The molecule has 0 atom stereocenters. The lowest BCUT2D eigenvalue weighted by molar-refractivity contribution is -0.113. The molecule has 116 valence electrons. The van der Waals surface area contributed by atoms with Crippen LogP contribution >= 0.6 is 11.8 Å². The van der Waals surface area contributed by atoms with Crippen molar-refractivity contribution >= 4 is 29.3 Å². The third-order valence-electron chi connectivity index (χ3n) is 3.13. The van der Waals surface area contributed by atoms with Gasteiger partial charge in [0.25, 0.3) is 5.91 Å². The van der Waals surface area contributed by atoms with E-state index in [2.05, 4.69) is 10.5 Å². The number of nitrogens with two attached hydrogens (primary N) is 1. The van der Waals surface area contributed by atoms with Gasteiger partial charge < -0.3 is 15.6 Å². The highest BCUT2D eigenvalue weighted by molar-refractivity contribution is 7.99. The summed E-state index contributed by atoms with van der Waals surface area (Å²) in [5.74, 6) is 0.914. The minimum absolute atomic E-state index is 0.189. The summed E-state index contributed by atoms with van der Waals surface area (Å²) >= 11 is 1.45. The van der Waals surface area contributed by atoms with Crippen LogP contribution in [0.15, 0.2) is 28.8 Å². The maximum absolute atomic E-state index is 12.0. The van der Waals surface area contributed by atoms with Crippen LogP contribution in [0.2, 0.25) is 0 Å². The number of hydrogen-bond acceptors (Lipinski definition) is 5. The zero-order valence-corrected chi connectivity index (χ0v) is 13.2. The van der Waals surface area contributed by atoms with Gasteiger partial charge in [0.2, 0.25) is 5.91 Å². The Bertz CT molecular complexity index is 678.